The monoisotopic (exact) mass is 1930 g/mol. The van der Waals surface area contributed by atoms with Crippen LogP contribution in [0.5, 0.6) is 0 Å². The first-order valence-electron chi connectivity index (χ1n) is 52.5. The number of allylic oxidation sites excluding steroid dienone is 1. The van der Waals surface area contributed by atoms with E-state index in [1.807, 2.05) is 14.2 Å². The van der Waals surface area contributed by atoms with Crippen molar-refractivity contribution in [3.63, 3.8) is 0 Å². The summed E-state index contributed by atoms with van der Waals surface area (Å²) in [7, 11) is 30.8. The fourth-order valence-corrected chi connectivity index (χ4v) is 17.0. The Morgan fingerprint density at radius 3 is 1.11 bits per heavy atom. The summed E-state index contributed by atoms with van der Waals surface area (Å²) < 4.78 is 92.6. The van der Waals surface area contributed by atoms with Crippen LogP contribution in [0.2, 0.25) is 0 Å². The second-order valence-electron chi connectivity index (χ2n) is 43.2. The van der Waals surface area contributed by atoms with Gasteiger partial charge in [0.1, 0.15) is 0 Å². The average molecular weight is 1930 g/mol. The van der Waals surface area contributed by atoms with Gasteiger partial charge in [-0.1, -0.05) is 185 Å². The Labute approximate surface area is 830 Å². The van der Waals surface area contributed by atoms with E-state index in [-0.39, 0.29) is 0 Å². The standard InChI is InChI=1S/C10H19NO.C9H19NO.2C8H17NO.2C7H15NO.C7H14O2.C7H14O.C6H13NO.2C6H12O2.C6H12O.C6H14O.C6H14.2C5H12O/c1-8(2)11-6-5-9(3)10(7-11)12-4;1-4-10-6-5-8(2)9(7-10)11-3;1-7-4-5-9(2)6-8(7)10-3;1-4-9-5-7(2)8(6-9)10-3;1-6-4-8(2)5-7(6)9-3;1-6-3-4-8-5-7(6)9-2;1-6-5-9-4-3-7(6)8-2;1-6-4-3-5-7(6)8-2;1-5-3-7-4-6(5)8-2;1-6(3-7-2)4-8-5-6;1-5-3-8-4-6(5)7-2;1-6(3-4-6)5-7-2;1-6(2,3)5-7-4;1-4-5-6(2)3;1-5(2)4-6-3;1-4-5(2)6-3/h9-10H,1,5-7H2,2-4H3;8-9H,4-7H2,1-3H3;2*7-8H,4-6H2,1-3H3;6-7H,4-5H2,1-3H3;6-8H,3-5H2,1-2H3;6-7H,3-5H2,1-2H3;6-7H,3-5H2,1-2H3;5-7H,3-4H2,1-2H3;3-5H2,1-2H3;5-6H,3-4H2,1-2H3;3-5H2,1-2H3;5H2,1-4H3;6H,4-5H2,1-3H3;2*5H,4H2,1-3H3/t9?,10-;8?,9-;2*7?,8-;4*6?,7-;5?,6-;;5?,6-;;;;;5-/m000000000.0....0/s1. The molecule has 810 valence electrons. The van der Waals surface area contributed by atoms with Gasteiger partial charge in [-0.2, -0.15) is 0 Å². The van der Waals surface area contributed by atoms with Gasteiger partial charge in [0.15, 0.2) is 0 Å². The Balaban J connectivity index is -0.000000675. The molecule has 21 atom stereocenters. The summed E-state index contributed by atoms with van der Waals surface area (Å²) >= 11 is 0. The molecule has 10 heterocycles. The molecule has 2 N–H and O–H groups in total. The highest BCUT2D eigenvalue weighted by atomic mass is 16.5. The van der Waals surface area contributed by atoms with Crippen molar-refractivity contribution in [1.29, 1.82) is 0 Å². The molecule has 2 aliphatic carbocycles. The van der Waals surface area contributed by atoms with Gasteiger partial charge in [-0.25, -0.2) is 0 Å². The van der Waals surface area contributed by atoms with E-state index < -0.39 is 0 Å². The summed E-state index contributed by atoms with van der Waals surface area (Å²) in [6.45, 7) is 85.4. The number of nitrogens with zero attached hydrogens (tertiary/aromatic N) is 5. The summed E-state index contributed by atoms with van der Waals surface area (Å²) in [5, 5.41) is 6.54. The predicted octanol–water partition coefficient (Wildman–Crippen LogP) is 19.1. The van der Waals surface area contributed by atoms with Crippen molar-refractivity contribution in [2.24, 2.45) is 87.3 Å². The Kier molecular flexibility index (Phi) is 87.9. The van der Waals surface area contributed by atoms with Crippen LogP contribution in [0.1, 0.15) is 257 Å². The molecule has 0 radical (unpaired) electrons. The van der Waals surface area contributed by atoms with Crippen LogP contribution in [0, 0.1) is 87.3 Å². The number of rotatable bonds is 24. The van der Waals surface area contributed by atoms with Gasteiger partial charge in [0.2, 0.25) is 0 Å². The number of likely N-dealkylation sites (N-methyl/N-ethyl adjacent to an activating group) is 4. The second-order valence-corrected chi connectivity index (χ2v) is 43.2. The molecule has 10 saturated heterocycles. The lowest BCUT2D eigenvalue weighted by Gasteiger charge is -2.37. The van der Waals surface area contributed by atoms with E-state index in [9.17, 15) is 0 Å². The molecule has 12 fully saturated rings. The molecular weight excluding hydrogens is 1700 g/mol. The minimum absolute atomic E-state index is 0.328. The molecular formula is C109H231N7O18. The van der Waals surface area contributed by atoms with Gasteiger partial charge >= 0.3 is 0 Å². The van der Waals surface area contributed by atoms with Gasteiger partial charge in [-0.05, 0) is 195 Å². The molecule has 12 aliphatic rings. The van der Waals surface area contributed by atoms with Gasteiger partial charge in [0.05, 0.1) is 120 Å². The maximum atomic E-state index is 5.40. The largest absolute Gasteiger partial charge is 0.384 e. The first-order valence-corrected chi connectivity index (χ1v) is 52.5. The minimum atomic E-state index is 0.328. The molecule has 2 saturated carbocycles. The Bertz CT molecular complexity index is 2450. The average Bonchev–Trinajstić information content (AvgIpc) is 1.68. The smallest absolute Gasteiger partial charge is 0.0852 e. The molecule has 10 unspecified atom stereocenters. The molecule has 25 heteroatoms. The van der Waals surface area contributed by atoms with Gasteiger partial charge < -0.3 is 120 Å². The van der Waals surface area contributed by atoms with E-state index in [0.717, 1.165) is 193 Å². The van der Waals surface area contributed by atoms with E-state index in [4.69, 9.17) is 85.3 Å². The topological polar surface area (TPSA) is 206 Å². The lowest BCUT2D eigenvalue weighted by Crippen LogP contribution is -2.43. The van der Waals surface area contributed by atoms with E-state index in [1.165, 1.54) is 96.8 Å². The van der Waals surface area contributed by atoms with E-state index in [1.54, 1.807) is 92.4 Å². The molecule has 134 heavy (non-hydrogen) atoms. The van der Waals surface area contributed by atoms with Crippen molar-refractivity contribution in [2.45, 2.75) is 324 Å². The Morgan fingerprint density at radius 1 is 0.403 bits per heavy atom. The number of ether oxygens (including phenoxy) is 18. The first-order chi connectivity index (χ1) is 63.3. The third kappa shape index (κ3) is 70.3. The van der Waals surface area contributed by atoms with E-state index in [2.05, 4.69) is 229 Å². The van der Waals surface area contributed by atoms with Crippen molar-refractivity contribution >= 4 is 0 Å². The fraction of sp³-hybridized carbons (Fsp3) is 0.982. The van der Waals surface area contributed by atoms with Crippen LogP contribution in [0.3, 0.4) is 0 Å². The summed E-state index contributed by atoms with van der Waals surface area (Å²) in [5.41, 5.74) is 2.39. The third-order valence-corrected chi connectivity index (χ3v) is 27.5. The van der Waals surface area contributed by atoms with Gasteiger partial charge in [0.25, 0.3) is 0 Å². The maximum absolute atomic E-state index is 5.40. The third-order valence-electron chi connectivity index (χ3n) is 27.5. The number of hydrogen-bond acceptors (Lipinski definition) is 25. The lowest BCUT2D eigenvalue weighted by molar-refractivity contribution is -0.131. The first kappa shape index (κ1) is 139. The number of methoxy groups -OCH3 is 15. The number of piperidine rings is 4. The quantitative estimate of drug-likeness (QED) is 0.0921. The van der Waals surface area contributed by atoms with Crippen molar-refractivity contribution in [3.8, 4) is 0 Å². The number of nitrogens with one attached hydrogen (secondary N) is 2. The lowest BCUT2D eigenvalue weighted by atomic mass is 9.90. The van der Waals surface area contributed by atoms with Gasteiger partial charge in [0, 0.05) is 215 Å². The fourth-order valence-electron chi connectivity index (χ4n) is 17.0. The second kappa shape index (κ2) is 84.9. The highest BCUT2D eigenvalue weighted by Gasteiger charge is 2.38. The van der Waals surface area contributed by atoms with E-state index in [0.29, 0.717) is 125 Å². The molecule has 0 spiro atoms. The molecule has 0 amide bonds. The predicted molar refractivity (Wildman–Crippen MR) is 564 cm³/mol. The highest BCUT2D eigenvalue weighted by molar-refractivity contribution is 4.94. The summed E-state index contributed by atoms with van der Waals surface area (Å²) in [4.78, 5) is 11.8. The van der Waals surface area contributed by atoms with Crippen LogP contribution < -0.4 is 10.6 Å². The van der Waals surface area contributed by atoms with Crippen molar-refractivity contribution in [1.82, 2.24) is 35.1 Å². The van der Waals surface area contributed by atoms with Crippen molar-refractivity contribution < 1.29 is 85.3 Å². The Morgan fingerprint density at radius 2 is 0.843 bits per heavy atom. The minimum Gasteiger partial charge on any atom is -0.384 e. The molecule has 25 nitrogen and oxygen atoms in total. The van der Waals surface area contributed by atoms with Crippen LogP contribution in [0.4, 0.5) is 0 Å². The van der Waals surface area contributed by atoms with Gasteiger partial charge in [-0.15, -0.1) is 0 Å². The summed E-state index contributed by atoms with van der Waals surface area (Å²) in [6.07, 6.45) is 21.5. The van der Waals surface area contributed by atoms with Gasteiger partial charge in [-0.3, -0.25) is 0 Å². The maximum Gasteiger partial charge on any atom is 0.0852 e. The highest BCUT2D eigenvalue weighted by Crippen LogP contribution is 2.44. The Hall–Kier alpha value is -1.42. The van der Waals surface area contributed by atoms with Crippen molar-refractivity contribution in [3.05, 3.63) is 12.3 Å². The molecule has 10 aliphatic heterocycles. The summed E-state index contributed by atoms with van der Waals surface area (Å²) in [6, 6.07) is 0. The zero-order valence-corrected chi connectivity index (χ0v) is 96.1. The molecule has 0 bridgehead atoms. The molecule has 12 rings (SSSR count). The summed E-state index contributed by atoms with van der Waals surface area (Å²) in [5.74, 6) is 8.55. The molecule has 0 aromatic carbocycles. The van der Waals surface area contributed by atoms with Crippen molar-refractivity contribution in [2.75, 3.05) is 292 Å². The molecule has 0 aromatic heterocycles. The van der Waals surface area contributed by atoms with Crippen LogP contribution in [-0.2, 0) is 85.3 Å². The van der Waals surface area contributed by atoms with E-state index >= 15 is 0 Å². The number of likely N-dealkylation sites (tertiary alicyclic amines) is 5. The molecule has 0 aromatic rings. The van der Waals surface area contributed by atoms with Crippen LogP contribution in [0.15, 0.2) is 12.3 Å². The number of hydrogen-bond donors (Lipinski definition) is 2. The van der Waals surface area contributed by atoms with Crippen LogP contribution in [-0.4, -0.2) is 383 Å². The SMILES string of the molecule is C=C(C)N1CCC(C)[C@@H](OC)C1.CCCC(C)C.CCN1CC(C)[C@@H](OC)C1.CCN1CCC(C)[C@@H](OC)C1.CC[C@H](C)OC.COCC(C)(C)C.COCC(C)C.COCC1(C)CC1.COCC1(C)COC1.CO[C@H]1CCCC1C.CO[C@H]1CCOCC1C.CO[C@H]1CN(C)CC1C.CO[C@H]1CN(C)CCC1C.CO[C@H]1CNCC1C.CO[C@H]1CNCCC1C.CO[C@H]1COCC1C. The zero-order valence-electron chi connectivity index (χ0n) is 96.1. The van der Waals surface area contributed by atoms with Crippen LogP contribution >= 0.6 is 0 Å². The zero-order chi connectivity index (χ0) is 103. The normalized spacial score (nSPS) is 30.1. The van der Waals surface area contributed by atoms with Crippen LogP contribution in [0.25, 0.3) is 0 Å².